The minimum absolute atomic E-state index is 0.549. The molecule has 0 saturated carbocycles. The molecular weight excluding hydrogens is 104 g/mol. The van der Waals surface area contributed by atoms with Crippen molar-refractivity contribution in [3.05, 3.63) is 0 Å². The molecule has 1 N–H and O–H groups in total. The van der Waals surface area contributed by atoms with Crippen LogP contribution in [0.4, 0.5) is 0 Å². The van der Waals surface area contributed by atoms with Crippen LogP contribution in [0.3, 0.4) is 0 Å². The van der Waals surface area contributed by atoms with E-state index >= 15 is 0 Å². The molecule has 0 amide bonds. The van der Waals surface area contributed by atoms with Crippen LogP contribution < -0.4 is 0 Å². The first-order valence-corrected chi connectivity index (χ1v) is 3.13. The maximum Gasteiger partial charge on any atom is 0.189 e. The van der Waals surface area contributed by atoms with E-state index in [-0.39, 0.29) is 0 Å². The minimum Gasteiger partial charge on any atom is -0.364 e. The average Bonchev–Trinajstić information content (AvgIpc) is 2.45. The van der Waals surface area contributed by atoms with Crippen LogP contribution in [0, 0.1) is 0 Å². The van der Waals surface area contributed by atoms with E-state index in [2.05, 4.69) is 6.92 Å². The van der Waals surface area contributed by atoms with Crippen molar-refractivity contribution in [3.63, 3.8) is 0 Å². The van der Waals surface area contributed by atoms with E-state index in [0.29, 0.717) is 6.61 Å². The summed E-state index contributed by atoms with van der Waals surface area (Å²) in [5.74, 6) is -0.698. The summed E-state index contributed by atoms with van der Waals surface area (Å²) >= 11 is 0. The normalized spacial score (nSPS) is 35.2. The van der Waals surface area contributed by atoms with Crippen LogP contribution in [0.1, 0.15) is 26.2 Å². The minimum atomic E-state index is -0.698. The Labute approximate surface area is 49.5 Å². The van der Waals surface area contributed by atoms with Gasteiger partial charge in [0.05, 0.1) is 0 Å². The second-order valence-corrected chi connectivity index (χ2v) is 2.34. The lowest BCUT2D eigenvalue weighted by Gasteiger charge is -1.99. The largest absolute Gasteiger partial charge is 0.364 e. The fourth-order valence-corrected chi connectivity index (χ4v) is 0.681. The van der Waals surface area contributed by atoms with Crippen molar-refractivity contribution < 1.29 is 9.84 Å². The molecule has 1 unspecified atom stereocenters. The lowest BCUT2D eigenvalue weighted by Crippen LogP contribution is -2.07. The zero-order valence-corrected chi connectivity index (χ0v) is 5.18. The summed E-state index contributed by atoms with van der Waals surface area (Å²) in [5.41, 5.74) is 0. The lowest BCUT2D eigenvalue weighted by molar-refractivity contribution is 0.0270. The molecule has 1 fully saturated rings. The predicted molar refractivity (Wildman–Crippen MR) is 30.4 cm³/mol. The van der Waals surface area contributed by atoms with Gasteiger partial charge in [-0.25, -0.2) is 0 Å². The average molecular weight is 116 g/mol. The molecule has 1 heterocycles. The number of aliphatic hydroxyl groups is 1. The summed E-state index contributed by atoms with van der Waals surface area (Å²) in [6, 6.07) is 0. The molecule has 0 aliphatic carbocycles. The van der Waals surface area contributed by atoms with Crippen molar-refractivity contribution in [2.75, 3.05) is 6.61 Å². The molecule has 48 valence electrons. The first-order chi connectivity index (χ1) is 3.77. The molecule has 0 radical (unpaired) electrons. The van der Waals surface area contributed by atoms with Gasteiger partial charge in [0, 0.05) is 6.42 Å². The van der Waals surface area contributed by atoms with Crippen LogP contribution >= 0.6 is 0 Å². The molecule has 8 heavy (non-hydrogen) atoms. The number of unbranched alkanes of at least 4 members (excludes halogenated alkanes) is 1. The van der Waals surface area contributed by atoms with E-state index in [4.69, 9.17) is 9.84 Å². The summed E-state index contributed by atoms with van der Waals surface area (Å²) < 4.78 is 4.75. The fourth-order valence-electron chi connectivity index (χ4n) is 0.681. The van der Waals surface area contributed by atoms with Crippen molar-refractivity contribution in [3.8, 4) is 0 Å². The highest BCUT2D eigenvalue weighted by Crippen LogP contribution is 2.28. The molecular formula is C6H12O2. The first kappa shape index (κ1) is 6.05. The number of epoxide rings is 1. The van der Waals surface area contributed by atoms with Gasteiger partial charge in [0.15, 0.2) is 5.79 Å². The fraction of sp³-hybridized carbons (Fsp3) is 1.00. The van der Waals surface area contributed by atoms with Crippen LogP contribution in [0.15, 0.2) is 0 Å². The second-order valence-electron chi connectivity index (χ2n) is 2.34. The SMILES string of the molecule is CCCCC1(O)CO1. The van der Waals surface area contributed by atoms with Crippen LogP contribution in [0.5, 0.6) is 0 Å². The Balaban J connectivity index is 2.01. The maximum atomic E-state index is 9.04. The van der Waals surface area contributed by atoms with Crippen LogP contribution in [0.2, 0.25) is 0 Å². The van der Waals surface area contributed by atoms with Gasteiger partial charge in [-0.3, -0.25) is 0 Å². The summed E-state index contributed by atoms with van der Waals surface area (Å²) in [6.45, 7) is 2.65. The van der Waals surface area contributed by atoms with Gasteiger partial charge < -0.3 is 9.84 Å². The highest BCUT2D eigenvalue weighted by molar-refractivity contribution is 4.77. The maximum absolute atomic E-state index is 9.04. The van der Waals surface area contributed by atoms with Crippen LogP contribution in [0.25, 0.3) is 0 Å². The molecule has 1 aliphatic rings. The highest BCUT2D eigenvalue weighted by atomic mass is 16.7. The number of rotatable bonds is 3. The molecule has 1 atom stereocenters. The Hall–Kier alpha value is -0.0800. The molecule has 0 aromatic heterocycles. The standard InChI is InChI=1S/C6H12O2/c1-2-3-4-6(7)5-8-6/h7H,2-5H2,1H3. The Morgan fingerprint density at radius 3 is 2.75 bits per heavy atom. The van der Waals surface area contributed by atoms with Crippen LogP contribution in [-0.4, -0.2) is 17.5 Å². The summed E-state index contributed by atoms with van der Waals surface area (Å²) in [7, 11) is 0. The van der Waals surface area contributed by atoms with Gasteiger partial charge in [-0.2, -0.15) is 0 Å². The highest BCUT2D eigenvalue weighted by Gasteiger charge is 2.41. The summed E-state index contributed by atoms with van der Waals surface area (Å²) in [4.78, 5) is 0. The Morgan fingerprint density at radius 2 is 2.38 bits per heavy atom. The molecule has 1 saturated heterocycles. The summed E-state index contributed by atoms with van der Waals surface area (Å²) in [5, 5.41) is 9.04. The van der Waals surface area contributed by atoms with Gasteiger partial charge in [0.2, 0.25) is 0 Å². The molecule has 0 spiro atoms. The zero-order valence-electron chi connectivity index (χ0n) is 5.18. The number of ether oxygens (including phenoxy) is 1. The molecule has 0 aromatic rings. The van der Waals surface area contributed by atoms with E-state index in [1.807, 2.05) is 0 Å². The third-order valence-electron chi connectivity index (χ3n) is 1.40. The summed E-state index contributed by atoms with van der Waals surface area (Å²) in [6.07, 6.45) is 3.01. The van der Waals surface area contributed by atoms with Crippen molar-refractivity contribution in [2.45, 2.75) is 32.0 Å². The molecule has 1 rings (SSSR count). The third kappa shape index (κ3) is 1.46. The van der Waals surface area contributed by atoms with Crippen molar-refractivity contribution >= 4 is 0 Å². The first-order valence-electron chi connectivity index (χ1n) is 3.13. The van der Waals surface area contributed by atoms with Gasteiger partial charge in [-0.1, -0.05) is 13.3 Å². The van der Waals surface area contributed by atoms with E-state index in [1.165, 1.54) is 0 Å². The van der Waals surface area contributed by atoms with Crippen molar-refractivity contribution in [1.82, 2.24) is 0 Å². The predicted octanol–water partition coefficient (Wildman–Crippen LogP) is 0.895. The zero-order chi connectivity index (χ0) is 6.04. The van der Waals surface area contributed by atoms with Gasteiger partial charge in [-0.05, 0) is 6.42 Å². The van der Waals surface area contributed by atoms with E-state index in [9.17, 15) is 0 Å². The van der Waals surface area contributed by atoms with E-state index in [0.717, 1.165) is 19.3 Å². The van der Waals surface area contributed by atoms with E-state index < -0.39 is 5.79 Å². The molecule has 0 aromatic carbocycles. The molecule has 1 aliphatic heterocycles. The van der Waals surface area contributed by atoms with Crippen molar-refractivity contribution in [1.29, 1.82) is 0 Å². The van der Waals surface area contributed by atoms with Gasteiger partial charge in [-0.15, -0.1) is 0 Å². The van der Waals surface area contributed by atoms with Crippen LogP contribution in [-0.2, 0) is 4.74 Å². The van der Waals surface area contributed by atoms with Gasteiger partial charge in [0.25, 0.3) is 0 Å². The third-order valence-corrected chi connectivity index (χ3v) is 1.40. The Kier molecular flexibility index (Phi) is 1.54. The molecule has 2 heteroatoms. The Morgan fingerprint density at radius 1 is 1.75 bits per heavy atom. The monoisotopic (exact) mass is 116 g/mol. The van der Waals surface area contributed by atoms with Crippen molar-refractivity contribution in [2.24, 2.45) is 0 Å². The quantitative estimate of drug-likeness (QED) is 0.555. The van der Waals surface area contributed by atoms with Gasteiger partial charge >= 0.3 is 0 Å². The van der Waals surface area contributed by atoms with E-state index in [1.54, 1.807) is 0 Å². The number of hydrogen-bond acceptors (Lipinski definition) is 2. The second kappa shape index (κ2) is 2.03. The smallest absolute Gasteiger partial charge is 0.189 e. The van der Waals surface area contributed by atoms with Gasteiger partial charge in [0.1, 0.15) is 6.61 Å². The molecule has 0 bridgehead atoms. The molecule has 2 nitrogen and oxygen atoms in total. The Bertz CT molecular complexity index is 76.6. The topological polar surface area (TPSA) is 32.8 Å². The lowest BCUT2D eigenvalue weighted by atomic mass is 10.2. The number of hydrogen-bond donors (Lipinski definition) is 1.